The number of amides is 1. The quantitative estimate of drug-likeness (QED) is 0.686. The highest BCUT2D eigenvalue weighted by Crippen LogP contribution is 2.58. The zero-order valence-corrected chi connectivity index (χ0v) is 20.2. The van der Waals surface area contributed by atoms with Crippen LogP contribution in [0.25, 0.3) is 10.8 Å². The van der Waals surface area contributed by atoms with Gasteiger partial charge in [0, 0.05) is 55.7 Å². The molecule has 1 amide bonds. The zero-order valence-electron chi connectivity index (χ0n) is 19.4. The van der Waals surface area contributed by atoms with Crippen LogP contribution in [0.3, 0.4) is 0 Å². The summed E-state index contributed by atoms with van der Waals surface area (Å²) in [5, 5.41) is 16.0. The topological polar surface area (TPSA) is 87.2 Å². The number of aliphatic hydroxyl groups excluding tert-OH is 1. The van der Waals surface area contributed by atoms with Gasteiger partial charge in [-0.05, 0) is 43.4 Å². The van der Waals surface area contributed by atoms with Crippen LogP contribution in [0.2, 0.25) is 5.02 Å². The third kappa shape index (κ3) is 3.76. The zero-order chi connectivity index (χ0) is 23.5. The number of carbonyl (C=O) groups is 1. The van der Waals surface area contributed by atoms with Gasteiger partial charge < -0.3 is 24.8 Å². The molecule has 1 spiro atoms. The van der Waals surface area contributed by atoms with E-state index in [4.69, 9.17) is 21.1 Å². The van der Waals surface area contributed by atoms with Crippen molar-refractivity contribution < 1.29 is 19.4 Å². The summed E-state index contributed by atoms with van der Waals surface area (Å²) < 4.78 is 11.0. The number of nitrogens with one attached hydrogen (secondary N) is 1. The van der Waals surface area contributed by atoms with Crippen LogP contribution in [0, 0.1) is 11.3 Å². The van der Waals surface area contributed by atoms with Gasteiger partial charge in [-0.15, -0.1) is 0 Å². The van der Waals surface area contributed by atoms with Crippen molar-refractivity contribution in [2.75, 3.05) is 62.8 Å². The van der Waals surface area contributed by atoms with Crippen molar-refractivity contribution in [3.63, 3.8) is 0 Å². The van der Waals surface area contributed by atoms with E-state index in [1.54, 1.807) is 6.20 Å². The van der Waals surface area contributed by atoms with Crippen molar-refractivity contribution in [1.82, 2.24) is 9.88 Å². The Morgan fingerprint density at radius 1 is 1.18 bits per heavy atom. The number of nitrogens with zero attached hydrogens (tertiary/aromatic N) is 3. The molecule has 4 unspecified atom stereocenters. The number of rotatable bonds is 4. The second-order valence-corrected chi connectivity index (χ2v) is 10.9. The first-order valence-electron chi connectivity index (χ1n) is 12.1. The molecule has 3 aliphatic heterocycles. The van der Waals surface area contributed by atoms with Gasteiger partial charge in [-0.2, -0.15) is 0 Å². The van der Waals surface area contributed by atoms with Gasteiger partial charge in [0.25, 0.3) is 0 Å². The van der Waals surface area contributed by atoms with Crippen molar-refractivity contribution in [2.45, 2.75) is 31.4 Å². The van der Waals surface area contributed by atoms with E-state index in [-0.39, 0.29) is 22.8 Å². The van der Waals surface area contributed by atoms with E-state index in [2.05, 4.69) is 33.1 Å². The van der Waals surface area contributed by atoms with Gasteiger partial charge in [-0.3, -0.25) is 9.69 Å². The van der Waals surface area contributed by atoms with Crippen molar-refractivity contribution in [3.8, 4) is 0 Å². The number of hydrogen-bond acceptors (Lipinski definition) is 7. The minimum Gasteiger partial charge on any atom is -0.389 e. The van der Waals surface area contributed by atoms with Crippen molar-refractivity contribution in [1.29, 1.82) is 0 Å². The lowest BCUT2D eigenvalue weighted by Crippen LogP contribution is -2.60. The average molecular weight is 487 g/mol. The number of carbonyl (C=O) groups excluding carboxylic acids is 1. The summed E-state index contributed by atoms with van der Waals surface area (Å²) in [4.78, 5) is 21.8. The highest BCUT2D eigenvalue weighted by Gasteiger charge is 2.59. The van der Waals surface area contributed by atoms with Gasteiger partial charge in [0.15, 0.2) is 0 Å². The molecule has 1 aromatic carbocycles. The Hall–Kier alpha value is -1.97. The summed E-state index contributed by atoms with van der Waals surface area (Å²) in [6.45, 7) is 7.76. The maximum absolute atomic E-state index is 12.8. The Morgan fingerprint density at radius 2 is 2.00 bits per heavy atom. The van der Waals surface area contributed by atoms with Crippen molar-refractivity contribution in [2.24, 2.45) is 11.3 Å². The molecule has 4 aliphatic rings. The molecule has 3 saturated heterocycles. The molecule has 0 bridgehead atoms. The molecule has 4 atom stereocenters. The molecule has 4 heterocycles. The van der Waals surface area contributed by atoms with Gasteiger partial charge in [-0.1, -0.05) is 11.6 Å². The highest BCUT2D eigenvalue weighted by atomic mass is 35.5. The highest BCUT2D eigenvalue weighted by molar-refractivity contribution is 6.34. The van der Waals surface area contributed by atoms with E-state index in [0.717, 1.165) is 62.1 Å². The fourth-order valence-electron chi connectivity index (χ4n) is 5.87. The lowest BCUT2D eigenvalue weighted by molar-refractivity contribution is -0.118. The van der Waals surface area contributed by atoms with Crippen LogP contribution >= 0.6 is 11.6 Å². The van der Waals surface area contributed by atoms with E-state index >= 15 is 0 Å². The molecule has 1 aromatic heterocycles. The number of piperazine rings is 1. The Balaban J connectivity index is 1.16. The summed E-state index contributed by atoms with van der Waals surface area (Å²) in [7, 11) is 0. The van der Waals surface area contributed by atoms with Gasteiger partial charge in [0.1, 0.15) is 5.82 Å². The van der Waals surface area contributed by atoms with Crippen LogP contribution < -0.4 is 10.2 Å². The van der Waals surface area contributed by atoms with Crippen molar-refractivity contribution >= 4 is 39.8 Å². The average Bonchev–Trinajstić information content (AvgIpc) is 3.14. The first kappa shape index (κ1) is 22.5. The maximum atomic E-state index is 12.8. The number of anilines is 2. The lowest BCUT2D eigenvalue weighted by Gasteiger charge is -2.45. The largest absolute Gasteiger partial charge is 0.389 e. The smallest absolute Gasteiger partial charge is 0.229 e. The van der Waals surface area contributed by atoms with E-state index in [9.17, 15) is 9.90 Å². The molecular formula is C25H31ClN4O4. The van der Waals surface area contributed by atoms with Gasteiger partial charge in [-0.25, -0.2) is 4.98 Å². The minimum absolute atomic E-state index is 0.0233. The van der Waals surface area contributed by atoms with Crippen LogP contribution in [0.5, 0.6) is 0 Å². The second kappa shape index (κ2) is 8.31. The molecule has 9 heteroatoms. The molecule has 182 valence electrons. The van der Waals surface area contributed by atoms with Gasteiger partial charge >= 0.3 is 0 Å². The molecule has 4 fully saturated rings. The molecule has 2 N–H and O–H groups in total. The van der Waals surface area contributed by atoms with Crippen molar-refractivity contribution in [3.05, 3.63) is 29.4 Å². The number of benzene rings is 1. The number of fused-ring (bicyclic) bond motifs is 1. The number of halogens is 1. The van der Waals surface area contributed by atoms with Crippen LogP contribution in [-0.2, 0) is 14.3 Å². The predicted molar refractivity (Wildman–Crippen MR) is 130 cm³/mol. The summed E-state index contributed by atoms with van der Waals surface area (Å²) in [6, 6.07) is 5.96. The second-order valence-electron chi connectivity index (χ2n) is 10.5. The first-order chi connectivity index (χ1) is 16.4. The monoisotopic (exact) mass is 486 g/mol. The predicted octanol–water partition coefficient (Wildman–Crippen LogP) is 2.53. The molecule has 1 aliphatic carbocycles. The van der Waals surface area contributed by atoms with Crippen LogP contribution in [0.15, 0.2) is 24.4 Å². The van der Waals surface area contributed by atoms with E-state index in [1.807, 2.05) is 12.1 Å². The van der Waals surface area contributed by atoms with Crippen LogP contribution in [0.1, 0.15) is 19.8 Å². The standard InChI is InChI=1S/C25H31ClN4O4/c1-24(14-34-13-21(24)31)30-5-3-29(4-6-30)20-9-16-10-22(27-12-17(16)8-19(20)26)28-23(32)18-11-25(18)2-7-33-15-25/h8-10,12,18,21,31H,2-7,11,13-15H2,1H3,(H,27,28,32). The first-order valence-corrected chi connectivity index (χ1v) is 12.5. The maximum Gasteiger partial charge on any atom is 0.229 e. The number of hydrogen-bond donors (Lipinski definition) is 2. The molecular weight excluding hydrogens is 456 g/mol. The Morgan fingerprint density at radius 3 is 2.71 bits per heavy atom. The third-order valence-corrected chi connectivity index (χ3v) is 8.71. The fourth-order valence-corrected chi connectivity index (χ4v) is 6.16. The normalized spacial score (nSPS) is 33.7. The number of ether oxygens (including phenoxy) is 2. The molecule has 34 heavy (non-hydrogen) atoms. The summed E-state index contributed by atoms with van der Waals surface area (Å²) >= 11 is 6.67. The summed E-state index contributed by atoms with van der Waals surface area (Å²) in [5.41, 5.74) is 0.708. The van der Waals surface area contributed by atoms with Crippen LogP contribution in [-0.4, -0.2) is 85.1 Å². The summed E-state index contributed by atoms with van der Waals surface area (Å²) in [6.07, 6.45) is 3.18. The van der Waals surface area contributed by atoms with Gasteiger partial charge in [0.2, 0.25) is 5.91 Å². The molecule has 8 nitrogen and oxygen atoms in total. The molecule has 2 aromatic rings. The Kier molecular flexibility index (Phi) is 5.50. The number of pyridine rings is 1. The summed E-state index contributed by atoms with van der Waals surface area (Å²) in [5.74, 6) is 0.629. The Labute approximate surface area is 204 Å². The number of aliphatic hydroxyl groups is 1. The third-order valence-electron chi connectivity index (χ3n) is 8.41. The molecule has 6 rings (SSSR count). The SMILES string of the molecule is CC1(N2CCN(c3cc4cc(NC(=O)C5CC56CCOC6)ncc4cc3Cl)CC2)COCC1O. The van der Waals surface area contributed by atoms with E-state index < -0.39 is 6.10 Å². The fraction of sp³-hybridized carbons (Fsp3) is 0.600. The van der Waals surface area contributed by atoms with E-state index in [0.29, 0.717) is 30.7 Å². The molecule has 1 saturated carbocycles. The van der Waals surface area contributed by atoms with E-state index in [1.165, 1.54) is 0 Å². The Bertz CT molecular complexity index is 1120. The minimum atomic E-state index is -0.462. The number of aromatic nitrogens is 1. The van der Waals surface area contributed by atoms with Crippen LogP contribution in [0.4, 0.5) is 11.5 Å². The lowest BCUT2D eigenvalue weighted by atomic mass is 9.95. The van der Waals surface area contributed by atoms with Gasteiger partial charge in [0.05, 0.1) is 42.2 Å². The molecule has 0 radical (unpaired) electrons.